The molecule has 0 bridgehead atoms. The van der Waals surface area contributed by atoms with Gasteiger partial charge in [0.15, 0.2) is 0 Å². The summed E-state index contributed by atoms with van der Waals surface area (Å²) in [6.07, 6.45) is 1.68. The Morgan fingerprint density at radius 1 is 1.06 bits per heavy atom. The molecule has 166 valence electrons. The Morgan fingerprint density at radius 2 is 1.75 bits per heavy atom. The second-order valence-corrected chi connectivity index (χ2v) is 9.90. The zero-order valence-electron chi connectivity index (χ0n) is 17.4. The van der Waals surface area contributed by atoms with Gasteiger partial charge >= 0.3 is 0 Å². The topological polar surface area (TPSA) is 66.5 Å². The molecular formula is C24H22ClFN2O3S. The third-order valence-electron chi connectivity index (χ3n) is 5.44. The molecule has 8 heteroatoms. The Balaban J connectivity index is 1.55. The molecule has 0 heterocycles. The van der Waals surface area contributed by atoms with Crippen molar-refractivity contribution in [2.75, 3.05) is 4.72 Å². The first-order chi connectivity index (χ1) is 15.3. The maximum absolute atomic E-state index is 14.3. The van der Waals surface area contributed by atoms with Crippen molar-refractivity contribution in [1.82, 2.24) is 4.90 Å². The lowest BCUT2D eigenvalue weighted by molar-refractivity contribution is 0.0728. The highest BCUT2D eigenvalue weighted by Crippen LogP contribution is 2.32. The molecule has 32 heavy (non-hydrogen) atoms. The molecule has 0 aromatic heterocycles. The molecular weight excluding hydrogens is 451 g/mol. The number of nitrogens with one attached hydrogen (secondary N) is 1. The number of aryl methyl sites for hydroxylation is 1. The van der Waals surface area contributed by atoms with Crippen LogP contribution in [0.25, 0.3) is 0 Å². The molecule has 5 nitrogen and oxygen atoms in total. The predicted octanol–water partition coefficient (Wildman–Crippen LogP) is 5.39. The Morgan fingerprint density at radius 3 is 2.38 bits per heavy atom. The normalized spacial score (nSPS) is 13.6. The highest BCUT2D eigenvalue weighted by Gasteiger charge is 2.34. The lowest BCUT2D eigenvalue weighted by Crippen LogP contribution is -2.33. The molecule has 0 unspecified atom stereocenters. The van der Waals surface area contributed by atoms with E-state index in [1.165, 1.54) is 36.4 Å². The minimum atomic E-state index is -3.80. The summed E-state index contributed by atoms with van der Waals surface area (Å²) in [6.45, 7) is 1.87. The van der Waals surface area contributed by atoms with Crippen LogP contribution in [0.2, 0.25) is 5.02 Å². The van der Waals surface area contributed by atoms with Gasteiger partial charge in [-0.25, -0.2) is 12.8 Å². The van der Waals surface area contributed by atoms with Crippen LogP contribution >= 0.6 is 11.6 Å². The maximum Gasteiger partial charge on any atom is 0.261 e. The summed E-state index contributed by atoms with van der Waals surface area (Å²) in [5.41, 5.74) is 1.90. The lowest BCUT2D eigenvalue weighted by Gasteiger charge is -2.23. The summed E-state index contributed by atoms with van der Waals surface area (Å²) >= 11 is 6.15. The number of hydrogen-bond donors (Lipinski definition) is 1. The molecule has 0 radical (unpaired) electrons. The largest absolute Gasteiger partial charge is 0.331 e. The molecule has 0 aliphatic heterocycles. The third-order valence-corrected chi connectivity index (χ3v) is 7.18. The van der Waals surface area contributed by atoms with Crippen molar-refractivity contribution in [1.29, 1.82) is 0 Å². The Kier molecular flexibility index (Phi) is 6.22. The Labute approximate surface area is 191 Å². The fraction of sp³-hybridized carbons (Fsp3) is 0.208. The number of hydrogen-bond acceptors (Lipinski definition) is 3. The van der Waals surface area contributed by atoms with E-state index < -0.39 is 15.8 Å². The molecule has 1 aliphatic carbocycles. The molecule has 0 atom stereocenters. The molecule has 1 saturated carbocycles. The molecule has 1 fully saturated rings. The average molecular weight is 473 g/mol. The van der Waals surface area contributed by atoms with Crippen LogP contribution in [0.15, 0.2) is 71.6 Å². The van der Waals surface area contributed by atoms with Crippen LogP contribution in [0.1, 0.15) is 34.3 Å². The number of benzene rings is 3. The van der Waals surface area contributed by atoms with Gasteiger partial charge in [0.05, 0.1) is 17.1 Å². The number of para-hydroxylation sites is 1. The Bertz CT molecular complexity index is 1240. The fourth-order valence-corrected chi connectivity index (χ4v) is 4.79. The van der Waals surface area contributed by atoms with E-state index in [-0.39, 0.29) is 34.0 Å². The summed E-state index contributed by atoms with van der Waals surface area (Å²) in [5, 5.41) is 0.271. The average Bonchev–Trinajstić information content (AvgIpc) is 3.60. The summed E-state index contributed by atoms with van der Waals surface area (Å²) in [7, 11) is -3.80. The molecule has 3 aromatic carbocycles. The van der Waals surface area contributed by atoms with Gasteiger partial charge in [-0.3, -0.25) is 9.52 Å². The lowest BCUT2D eigenvalue weighted by atomic mass is 10.1. The van der Waals surface area contributed by atoms with Crippen LogP contribution in [-0.4, -0.2) is 25.3 Å². The van der Waals surface area contributed by atoms with Gasteiger partial charge in [-0.1, -0.05) is 35.9 Å². The van der Waals surface area contributed by atoms with Crippen LogP contribution in [0.5, 0.6) is 0 Å². The van der Waals surface area contributed by atoms with Gasteiger partial charge in [0, 0.05) is 22.2 Å². The zero-order valence-corrected chi connectivity index (χ0v) is 19.0. The number of carbonyl (C=O) groups excluding carboxylic acids is 1. The highest BCUT2D eigenvalue weighted by atomic mass is 35.5. The summed E-state index contributed by atoms with van der Waals surface area (Å²) in [4.78, 5) is 14.8. The van der Waals surface area contributed by atoms with Crippen molar-refractivity contribution in [2.45, 2.75) is 37.2 Å². The minimum Gasteiger partial charge on any atom is -0.331 e. The SMILES string of the molecule is Cc1ccccc1NS(=O)(=O)c1ccc(C(=O)N(Cc2c(F)cccc2Cl)C2CC2)cc1. The van der Waals surface area contributed by atoms with Crippen molar-refractivity contribution >= 4 is 33.2 Å². The second kappa shape index (κ2) is 8.92. The van der Waals surface area contributed by atoms with E-state index in [1.54, 1.807) is 23.1 Å². The predicted molar refractivity (Wildman–Crippen MR) is 123 cm³/mol. The van der Waals surface area contributed by atoms with Crippen molar-refractivity contribution in [2.24, 2.45) is 0 Å². The molecule has 1 amide bonds. The van der Waals surface area contributed by atoms with Crippen molar-refractivity contribution in [3.05, 3.63) is 94.3 Å². The number of halogens is 2. The fourth-order valence-electron chi connectivity index (χ4n) is 3.44. The number of anilines is 1. The van der Waals surface area contributed by atoms with Gasteiger partial charge < -0.3 is 4.90 Å². The van der Waals surface area contributed by atoms with Gasteiger partial charge in [0.2, 0.25) is 0 Å². The van der Waals surface area contributed by atoms with Crippen LogP contribution in [-0.2, 0) is 16.6 Å². The Hall–Kier alpha value is -2.90. The van der Waals surface area contributed by atoms with Gasteiger partial charge in [-0.2, -0.15) is 0 Å². The van der Waals surface area contributed by atoms with Crippen LogP contribution in [0.3, 0.4) is 0 Å². The first-order valence-electron chi connectivity index (χ1n) is 10.2. The summed E-state index contributed by atoms with van der Waals surface area (Å²) in [5.74, 6) is -0.748. The molecule has 1 aliphatic rings. The van der Waals surface area contributed by atoms with Crippen LogP contribution in [0.4, 0.5) is 10.1 Å². The quantitative estimate of drug-likeness (QED) is 0.501. The molecule has 0 spiro atoms. The van der Waals surface area contributed by atoms with Gasteiger partial charge in [0.1, 0.15) is 5.82 Å². The molecule has 1 N–H and O–H groups in total. The minimum absolute atomic E-state index is 0.0179. The smallest absolute Gasteiger partial charge is 0.261 e. The first-order valence-corrected chi connectivity index (χ1v) is 12.0. The van der Waals surface area contributed by atoms with Crippen molar-refractivity contribution in [3.63, 3.8) is 0 Å². The number of rotatable bonds is 7. The first kappa shape index (κ1) is 22.3. The molecule has 0 saturated heterocycles. The van der Waals surface area contributed by atoms with Gasteiger partial charge in [-0.15, -0.1) is 0 Å². The second-order valence-electron chi connectivity index (χ2n) is 7.81. The number of nitrogens with zero attached hydrogens (tertiary/aromatic N) is 1. The standard InChI is InChI=1S/C24H22ClFN2O3S/c1-16-5-2-3-8-23(16)27-32(30,31)19-13-9-17(10-14-19)24(29)28(18-11-12-18)15-20-21(25)6-4-7-22(20)26/h2-10,13-14,18,27H,11-12,15H2,1H3. The highest BCUT2D eigenvalue weighted by molar-refractivity contribution is 7.92. The number of sulfonamides is 1. The molecule has 4 rings (SSSR count). The van der Waals surface area contributed by atoms with E-state index in [1.807, 2.05) is 19.1 Å². The van der Waals surface area contributed by atoms with E-state index in [9.17, 15) is 17.6 Å². The third kappa shape index (κ3) is 4.79. The van der Waals surface area contributed by atoms with Gasteiger partial charge in [-0.05, 0) is 67.8 Å². The van der Waals surface area contributed by atoms with E-state index in [0.717, 1.165) is 18.4 Å². The van der Waals surface area contributed by atoms with Crippen molar-refractivity contribution < 1.29 is 17.6 Å². The van der Waals surface area contributed by atoms with Gasteiger partial charge in [0.25, 0.3) is 15.9 Å². The summed E-state index contributed by atoms with van der Waals surface area (Å²) < 4.78 is 42.3. The number of amides is 1. The summed E-state index contributed by atoms with van der Waals surface area (Å²) in [6, 6.07) is 17.3. The zero-order chi connectivity index (χ0) is 22.9. The molecule has 3 aromatic rings. The van der Waals surface area contributed by atoms with E-state index in [0.29, 0.717) is 11.3 Å². The number of carbonyl (C=O) groups is 1. The van der Waals surface area contributed by atoms with Crippen LogP contribution in [0, 0.1) is 12.7 Å². The van der Waals surface area contributed by atoms with E-state index in [4.69, 9.17) is 11.6 Å². The maximum atomic E-state index is 14.3. The monoisotopic (exact) mass is 472 g/mol. The van der Waals surface area contributed by atoms with E-state index >= 15 is 0 Å². The van der Waals surface area contributed by atoms with E-state index in [2.05, 4.69) is 4.72 Å². The van der Waals surface area contributed by atoms with Crippen molar-refractivity contribution in [3.8, 4) is 0 Å². The van der Waals surface area contributed by atoms with Crippen LogP contribution < -0.4 is 4.72 Å².